The Balaban J connectivity index is 1.52. The second-order valence-corrected chi connectivity index (χ2v) is 11.4. The first-order valence-corrected chi connectivity index (χ1v) is 15.0. The van der Waals surface area contributed by atoms with E-state index in [4.69, 9.17) is 16.3 Å². The Kier molecular flexibility index (Phi) is 11.7. The van der Waals surface area contributed by atoms with Crippen LogP contribution in [0.25, 0.3) is 0 Å². The highest BCUT2D eigenvalue weighted by atomic mass is 35.5. The number of rotatable bonds is 8. The molecule has 42 heavy (non-hydrogen) atoms. The molecule has 0 saturated carbocycles. The van der Waals surface area contributed by atoms with Crippen molar-refractivity contribution in [3.8, 4) is 5.75 Å². The molecule has 2 amide bonds. The zero-order chi connectivity index (χ0) is 29.9. The summed E-state index contributed by atoms with van der Waals surface area (Å²) in [7, 11) is 0. The van der Waals surface area contributed by atoms with Crippen LogP contribution in [0.5, 0.6) is 5.75 Å². The van der Waals surface area contributed by atoms with Crippen molar-refractivity contribution in [2.24, 2.45) is 0 Å². The standard InChI is InChI=1S/C33H40ClFN4O3/c1-24(2)38-21-27-18-25(11-13-31(27)42-17-5-3-4-16-37-32(40)23-38)12-14-33(41)39(20-26-8-7-15-36-19-26)22-28-29(34)9-6-10-30(28)35/h6-11,13,15,18-19,24H,3-5,12,14,16-17,20-23H2,1-2H3,(H,37,40). The fourth-order valence-corrected chi connectivity index (χ4v) is 5.20. The molecular weight excluding hydrogens is 555 g/mol. The molecule has 0 bridgehead atoms. The summed E-state index contributed by atoms with van der Waals surface area (Å²) in [6.45, 7) is 6.66. The van der Waals surface area contributed by atoms with E-state index < -0.39 is 5.82 Å². The Labute approximate surface area is 253 Å². The monoisotopic (exact) mass is 594 g/mol. The molecule has 7 nitrogen and oxygen atoms in total. The van der Waals surface area contributed by atoms with Crippen LogP contribution in [0, 0.1) is 5.82 Å². The number of amides is 2. The Morgan fingerprint density at radius 3 is 2.71 bits per heavy atom. The highest BCUT2D eigenvalue weighted by Gasteiger charge is 2.20. The Morgan fingerprint density at radius 1 is 1.10 bits per heavy atom. The van der Waals surface area contributed by atoms with E-state index in [1.54, 1.807) is 29.4 Å². The van der Waals surface area contributed by atoms with E-state index in [1.807, 2.05) is 24.3 Å². The highest BCUT2D eigenvalue weighted by Crippen LogP contribution is 2.26. The Hall–Kier alpha value is -3.49. The number of ether oxygens (including phenoxy) is 1. The molecule has 224 valence electrons. The number of hydrogen-bond donors (Lipinski definition) is 1. The van der Waals surface area contributed by atoms with Crippen LogP contribution < -0.4 is 10.1 Å². The fraction of sp³-hybridized carbons (Fsp3) is 0.424. The van der Waals surface area contributed by atoms with Crippen molar-refractivity contribution in [1.29, 1.82) is 0 Å². The normalized spacial score (nSPS) is 15.0. The van der Waals surface area contributed by atoms with Crippen molar-refractivity contribution in [2.75, 3.05) is 19.7 Å². The third-order valence-corrected chi connectivity index (χ3v) is 7.82. The average molecular weight is 595 g/mol. The van der Waals surface area contributed by atoms with Crippen LogP contribution in [-0.2, 0) is 35.6 Å². The van der Waals surface area contributed by atoms with Crippen molar-refractivity contribution in [2.45, 2.75) is 71.6 Å². The molecule has 1 aliphatic rings. The minimum atomic E-state index is -0.439. The number of hydrogen-bond acceptors (Lipinski definition) is 5. The lowest BCUT2D eigenvalue weighted by molar-refractivity contribution is -0.132. The third kappa shape index (κ3) is 9.26. The molecule has 9 heteroatoms. The number of halogens is 2. The largest absolute Gasteiger partial charge is 0.493 e. The molecule has 0 unspecified atom stereocenters. The second kappa shape index (κ2) is 15.7. The zero-order valence-electron chi connectivity index (χ0n) is 24.5. The van der Waals surface area contributed by atoms with Gasteiger partial charge in [0.2, 0.25) is 11.8 Å². The maximum atomic E-state index is 14.6. The van der Waals surface area contributed by atoms with E-state index in [1.165, 1.54) is 6.07 Å². The molecule has 0 atom stereocenters. The summed E-state index contributed by atoms with van der Waals surface area (Å²) in [6.07, 6.45) is 6.95. The summed E-state index contributed by atoms with van der Waals surface area (Å²) >= 11 is 6.31. The lowest BCUT2D eigenvalue weighted by Gasteiger charge is -2.27. The lowest BCUT2D eigenvalue weighted by atomic mass is 10.0. The number of carbonyl (C=O) groups is 2. The number of aryl methyl sites for hydroxylation is 1. The number of benzene rings is 2. The summed E-state index contributed by atoms with van der Waals surface area (Å²) in [4.78, 5) is 34.0. The maximum Gasteiger partial charge on any atom is 0.234 e. The first kappa shape index (κ1) is 31.4. The Morgan fingerprint density at radius 2 is 1.95 bits per heavy atom. The van der Waals surface area contributed by atoms with Gasteiger partial charge in [-0.15, -0.1) is 0 Å². The van der Waals surface area contributed by atoms with Crippen LogP contribution >= 0.6 is 11.6 Å². The smallest absolute Gasteiger partial charge is 0.234 e. The van der Waals surface area contributed by atoms with Gasteiger partial charge in [0.05, 0.1) is 19.7 Å². The number of fused-ring (bicyclic) bond motifs is 1. The predicted octanol–water partition coefficient (Wildman–Crippen LogP) is 5.93. The second-order valence-electron chi connectivity index (χ2n) is 11.0. The van der Waals surface area contributed by atoms with E-state index >= 15 is 0 Å². The summed E-state index contributed by atoms with van der Waals surface area (Å²) in [5.41, 5.74) is 3.13. The Bertz CT molecular complexity index is 1320. The summed E-state index contributed by atoms with van der Waals surface area (Å²) < 4.78 is 20.8. The molecule has 3 aromatic rings. The van der Waals surface area contributed by atoms with E-state index in [0.717, 1.165) is 41.7 Å². The van der Waals surface area contributed by atoms with Gasteiger partial charge in [-0.25, -0.2) is 4.39 Å². The van der Waals surface area contributed by atoms with Gasteiger partial charge in [0.25, 0.3) is 0 Å². The van der Waals surface area contributed by atoms with Gasteiger partial charge >= 0.3 is 0 Å². The van der Waals surface area contributed by atoms with Crippen LogP contribution in [0.2, 0.25) is 5.02 Å². The van der Waals surface area contributed by atoms with E-state index in [-0.39, 0.29) is 35.8 Å². The summed E-state index contributed by atoms with van der Waals surface area (Å²) in [5.74, 6) is 0.281. The lowest BCUT2D eigenvalue weighted by Crippen LogP contribution is -2.40. The number of aromatic nitrogens is 1. The van der Waals surface area contributed by atoms with E-state index in [2.05, 4.69) is 35.1 Å². The van der Waals surface area contributed by atoms with Gasteiger partial charge in [0.1, 0.15) is 11.6 Å². The molecule has 1 aliphatic heterocycles. The molecule has 4 rings (SSSR count). The number of carbonyl (C=O) groups excluding carboxylic acids is 2. The minimum absolute atomic E-state index is 0.0239. The number of nitrogens with one attached hydrogen (secondary N) is 1. The minimum Gasteiger partial charge on any atom is -0.493 e. The zero-order valence-corrected chi connectivity index (χ0v) is 25.2. The molecule has 1 aromatic heterocycles. The van der Waals surface area contributed by atoms with Crippen molar-refractivity contribution < 1.29 is 18.7 Å². The number of pyridine rings is 1. The summed E-state index contributed by atoms with van der Waals surface area (Å²) in [5, 5.41) is 3.32. The SMILES string of the molecule is CC(C)N1CC(=O)NCCCCCOc2ccc(CCC(=O)N(Cc3cccnc3)Cc3c(F)cccc3Cl)cc2C1. The maximum absolute atomic E-state index is 14.6. The van der Waals surface area contributed by atoms with E-state index in [0.29, 0.717) is 44.8 Å². The quantitative estimate of drug-likeness (QED) is 0.350. The molecule has 0 fully saturated rings. The van der Waals surface area contributed by atoms with Gasteiger partial charge in [0, 0.05) is 60.6 Å². The molecule has 1 N–H and O–H groups in total. The van der Waals surface area contributed by atoms with Gasteiger partial charge in [-0.3, -0.25) is 19.5 Å². The van der Waals surface area contributed by atoms with Gasteiger partial charge < -0.3 is 15.0 Å². The van der Waals surface area contributed by atoms with Gasteiger partial charge in [-0.1, -0.05) is 35.9 Å². The highest BCUT2D eigenvalue weighted by molar-refractivity contribution is 6.31. The first-order valence-electron chi connectivity index (χ1n) is 14.6. The molecule has 0 spiro atoms. The van der Waals surface area contributed by atoms with Gasteiger partial charge in [-0.05, 0) is 74.9 Å². The molecule has 2 heterocycles. The van der Waals surface area contributed by atoms with Crippen molar-refractivity contribution in [3.63, 3.8) is 0 Å². The molecule has 0 saturated heterocycles. The van der Waals surface area contributed by atoms with Gasteiger partial charge in [0.15, 0.2) is 0 Å². The first-order chi connectivity index (χ1) is 20.3. The molecule has 2 aromatic carbocycles. The molecule has 0 aliphatic carbocycles. The van der Waals surface area contributed by atoms with Crippen molar-refractivity contribution in [1.82, 2.24) is 20.1 Å². The van der Waals surface area contributed by atoms with Gasteiger partial charge in [-0.2, -0.15) is 0 Å². The predicted molar refractivity (Wildman–Crippen MR) is 163 cm³/mol. The van der Waals surface area contributed by atoms with Crippen LogP contribution in [-0.4, -0.2) is 52.3 Å². The van der Waals surface area contributed by atoms with Crippen LogP contribution in [0.15, 0.2) is 60.9 Å². The number of nitrogens with zero attached hydrogens (tertiary/aromatic N) is 3. The van der Waals surface area contributed by atoms with E-state index in [9.17, 15) is 14.0 Å². The average Bonchev–Trinajstić information content (AvgIpc) is 2.98. The summed E-state index contributed by atoms with van der Waals surface area (Å²) in [6, 6.07) is 14.5. The molecular formula is C33H40ClFN4O3. The van der Waals surface area contributed by atoms with Crippen molar-refractivity contribution >= 4 is 23.4 Å². The van der Waals surface area contributed by atoms with Crippen LogP contribution in [0.3, 0.4) is 0 Å². The molecule has 0 radical (unpaired) electrons. The third-order valence-electron chi connectivity index (χ3n) is 7.46. The fourth-order valence-electron chi connectivity index (χ4n) is 4.97. The topological polar surface area (TPSA) is 74.8 Å². The van der Waals surface area contributed by atoms with Crippen LogP contribution in [0.1, 0.15) is 61.8 Å². The van der Waals surface area contributed by atoms with Crippen LogP contribution in [0.4, 0.5) is 4.39 Å². The van der Waals surface area contributed by atoms with Crippen molar-refractivity contribution in [3.05, 3.63) is 94.0 Å².